The first-order chi connectivity index (χ1) is 9.15. The molecule has 2 nitrogen and oxygen atoms in total. The lowest BCUT2D eigenvalue weighted by atomic mass is 10.1. The molecule has 0 heterocycles. The van der Waals surface area contributed by atoms with Gasteiger partial charge in [0.25, 0.3) is 0 Å². The zero-order valence-electron chi connectivity index (χ0n) is 10.5. The van der Waals surface area contributed by atoms with E-state index in [1.807, 2.05) is 24.3 Å². The molecule has 0 saturated carbocycles. The standard InChI is InChI=1S/C15H16F2N2/c16-13-4-3-12(15(17)9-13)7-8-19-10-11-1-5-14(18)6-2-11/h1-6,9,19H,7-8,10,18H2. The van der Waals surface area contributed by atoms with Gasteiger partial charge in [-0.1, -0.05) is 18.2 Å². The Kier molecular flexibility index (Phi) is 4.47. The first-order valence-corrected chi connectivity index (χ1v) is 6.14. The molecule has 0 fully saturated rings. The van der Waals surface area contributed by atoms with Gasteiger partial charge >= 0.3 is 0 Å². The molecule has 0 amide bonds. The first-order valence-electron chi connectivity index (χ1n) is 6.14. The summed E-state index contributed by atoms with van der Waals surface area (Å²) in [5.74, 6) is -1.04. The predicted molar refractivity (Wildman–Crippen MR) is 72.6 cm³/mol. The number of benzene rings is 2. The smallest absolute Gasteiger partial charge is 0.129 e. The van der Waals surface area contributed by atoms with Crippen LogP contribution >= 0.6 is 0 Å². The Morgan fingerprint density at radius 3 is 2.42 bits per heavy atom. The van der Waals surface area contributed by atoms with E-state index < -0.39 is 11.6 Å². The number of rotatable bonds is 5. The van der Waals surface area contributed by atoms with E-state index >= 15 is 0 Å². The summed E-state index contributed by atoms with van der Waals surface area (Å²) in [6, 6.07) is 11.2. The molecule has 2 aromatic carbocycles. The molecule has 0 atom stereocenters. The van der Waals surface area contributed by atoms with Crippen LogP contribution < -0.4 is 11.1 Å². The maximum absolute atomic E-state index is 13.4. The highest BCUT2D eigenvalue weighted by Crippen LogP contribution is 2.10. The van der Waals surface area contributed by atoms with Crippen LogP contribution in [0, 0.1) is 11.6 Å². The van der Waals surface area contributed by atoms with Crippen LogP contribution in [0.15, 0.2) is 42.5 Å². The fourth-order valence-corrected chi connectivity index (χ4v) is 1.82. The Balaban J connectivity index is 1.79. The van der Waals surface area contributed by atoms with Crippen LogP contribution in [0.25, 0.3) is 0 Å². The molecule has 2 aromatic rings. The van der Waals surface area contributed by atoms with Crippen LogP contribution in [-0.4, -0.2) is 6.54 Å². The lowest BCUT2D eigenvalue weighted by Gasteiger charge is -2.06. The zero-order valence-corrected chi connectivity index (χ0v) is 10.5. The van der Waals surface area contributed by atoms with Gasteiger partial charge in [0.2, 0.25) is 0 Å². The second kappa shape index (κ2) is 6.29. The number of nitrogens with one attached hydrogen (secondary N) is 1. The van der Waals surface area contributed by atoms with Gasteiger partial charge in [-0.05, 0) is 42.3 Å². The van der Waals surface area contributed by atoms with Gasteiger partial charge in [-0.3, -0.25) is 0 Å². The molecule has 100 valence electrons. The molecule has 19 heavy (non-hydrogen) atoms. The van der Waals surface area contributed by atoms with Crippen molar-refractivity contribution in [2.45, 2.75) is 13.0 Å². The number of nitrogens with two attached hydrogens (primary N) is 1. The topological polar surface area (TPSA) is 38.0 Å². The molecular formula is C15H16F2N2. The molecule has 0 bridgehead atoms. The third kappa shape index (κ3) is 4.03. The minimum atomic E-state index is -0.545. The summed E-state index contributed by atoms with van der Waals surface area (Å²) in [5.41, 5.74) is 7.97. The van der Waals surface area contributed by atoms with Gasteiger partial charge in [0, 0.05) is 18.3 Å². The van der Waals surface area contributed by atoms with Crippen molar-refractivity contribution in [1.82, 2.24) is 5.32 Å². The second-order valence-electron chi connectivity index (χ2n) is 4.40. The van der Waals surface area contributed by atoms with Gasteiger partial charge in [0.15, 0.2) is 0 Å². The van der Waals surface area contributed by atoms with Crippen LogP contribution in [0.4, 0.5) is 14.5 Å². The average Bonchev–Trinajstić information content (AvgIpc) is 2.39. The van der Waals surface area contributed by atoms with Gasteiger partial charge in [0.1, 0.15) is 11.6 Å². The van der Waals surface area contributed by atoms with E-state index in [1.165, 1.54) is 12.1 Å². The second-order valence-corrected chi connectivity index (χ2v) is 4.40. The van der Waals surface area contributed by atoms with Crippen molar-refractivity contribution < 1.29 is 8.78 Å². The van der Waals surface area contributed by atoms with Crippen LogP contribution in [0.1, 0.15) is 11.1 Å². The summed E-state index contributed by atoms with van der Waals surface area (Å²) in [5, 5.41) is 3.21. The molecule has 2 rings (SSSR count). The summed E-state index contributed by atoms with van der Waals surface area (Å²) < 4.78 is 26.1. The first kappa shape index (κ1) is 13.5. The SMILES string of the molecule is Nc1ccc(CNCCc2ccc(F)cc2F)cc1. The molecule has 0 aliphatic rings. The van der Waals surface area contributed by atoms with E-state index in [0.29, 0.717) is 25.1 Å². The van der Waals surface area contributed by atoms with Crippen molar-refractivity contribution in [2.24, 2.45) is 0 Å². The highest BCUT2D eigenvalue weighted by molar-refractivity contribution is 5.39. The maximum Gasteiger partial charge on any atom is 0.129 e. The lowest BCUT2D eigenvalue weighted by molar-refractivity contribution is 0.566. The number of nitrogen functional groups attached to an aromatic ring is 1. The number of halogens is 2. The molecule has 0 unspecified atom stereocenters. The van der Waals surface area contributed by atoms with Gasteiger partial charge in [0.05, 0.1) is 0 Å². The third-order valence-corrected chi connectivity index (χ3v) is 2.90. The predicted octanol–water partition coefficient (Wildman–Crippen LogP) is 2.88. The van der Waals surface area contributed by atoms with Crippen LogP contribution in [-0.2, 0) is 13.0 Å². The molecule has 0 spiro atoms. The minimum absolute atomic E-state index is 0.491. The van der Waals surface area contributed by atoms with Crippen molar-refractivity contribution in [2.75, 3.05) is 12.3 Å². The number of hydrogen-bond acceptors (Lipinski definition) is 2. The molecule has 0 aliphatic heterocycles. The zero-order chi connectivity index (χ0) is 13.7. The molecular weight excluding hydrogens is 246 g/mol. The van der Waals surface area contributed by atoms with E-state index in [2.05, 4.69) is 5.32 Å². The molecule has 4 heteroatoms. The highest BCUT2D eigenvalue weighted by atomic mass is 19.1. The van der Waals surface area contributed by atoms with E-state index in [-0.39, 0.29) is 0 Å². The van der Waals surface area contributed by atoms with Crippen molar-refractivity contribution in [1.29, 1.82) is 0 Å². The van der Waals surface area contributed by atoms with Crippen molar-refractivity contribution in [3.05, 3.63) is 65.2 Å². The summed E-state index contributed by atoms with van der Waals surface area (Å²) in [4.78, 5) is 0. The molecule has 0 radical (unpaired) electrons. The van der Waals surface area contributed by atoms with Crippen LogP contribution in [0.5, 0.6) is 0 Å². The normalized spacial score (nSPS) is 10.6. The highest BCUT2D eigenvalue weighted by Gasteiger charge is 2.03. The molecule has 0 aromatic heterocycles. The summed E-state index contributed by atoms with van der Waals surface area (Å²) in [6.07, 6.45) is 0.529. The summed E-state index contributed by atoms with van der Waals surface area (Å²) in [7, 11) is 0. The van der Waals surface area contributed by atoms with Gasteiger partial charge < -0.3 is 11.1 Å². The third-order valence-electron chi connectivity index (χ3n) is 2.90. The van der Waals surface area contributed by atoms with Crippen molar-refractivity contribution in [3.63, 3.8) is 0 Å². The largest absolute Gasteiger partial charge is 0.399 e. The quantitative estimate of drug-likeness (QED) is 0.642. The van der Waals surface area contributed by atoms with Gasteiger partial charge in [-0.15, -0.1) is 0 Å². The van der Waals surface area contributed by atoms with Gasteiger partial charge in [-0.25, -0.2) is 8.78 Å². The Morgan fingerprint density at radius 1 is 1.00 bits per heavy atom. The summed E-state index contributed by atoms with van der Waals surface area (Å²) in [6.45, 7) is 1.33. The lowest BCUT2D eigenvalue weighted by Crippen LogP contribution is -2.17. The Hall–Kier alpha value is -1.94. The Labute approximate surface area is 111 Å². The van der Waals surface area contributed by atoms with Crippen LogP contribution in [0.3, 0.4) is 0 Å². The number of hydrogen-bond donors (Lipinski definition) is 2. The monoisotopic (exact) mass is 262 g/mol. The minimum Gasteiger partial charge on any atom is -0.399 e. The molecule has 0 saturated heterocycles. The van der Waals surface area contributed by atoms with Crippen molar-refractivity contribution in [3.8, 4) is 0 Å². The Morgan fingerprint density at radius 2 is 1.74 bits per heavy atom. The molecule has 0 aliphatic carbocycles. The number of anilines is 1. The molecule has 3 N–H and O–H groups in total. The van der Waals surface area contributed by atoms with E-state index in [0.717, 1.165) is 17.3 Å². The van der Waals surface area contributed by atoms with E-state index in [4.69, 9.17) is 5.73 Å². The van der Waals surface area contributed by atoms with Gasteiger partial charge in [-0.2, -0.15) is 0 Å². The fraction of sp³-hybridized carbons (Fsp3) is 0.200. The Bertz CT molecular complexity index is 538. The van der Waals surface area contributed by atoms with Crippen LogP contribution in [0.2, 0.25) is 0 Å². The fourth-order valence-electron chi connectivity index (χ4n) is 1.82. The summed E-state index contributed by atoms with van der Waals surface area (Å²) >= 11 is 0. The van der Waals surface area contributed by atoms with Crippen molar-refractivity contribution >= 4 is 5.69 Å². The average molecular weight is 262 g/mol. The van der Waals surface area contributed by atoms with E-state index in [9.17, 15) is 8.78 Å². The maximum atomic E-state index is 13.4. The van der Waals surface area contributed by atoms with E-state index in [1.54, 1.807) is 0 Å².